The molecule has 1 aromatic carbocycles. The van der Waals surface area contributed by atoms with Gasteiger partial charge in [0.2, 0.25) is 15.9 Å². The fourth-order valence-electron chi connectivity index (χ4n) is 1.79. The minimum atomic E-state index is -3.81. The minimum Gasteiger partial charge on any atom is -0.324 e. The van der Waals surface area contributed by atoms with Gasteiger partial charge in [-0.15, -0.1) is 0 Å². The van der Waals surface area contributed by atoms with Crippen LogP contribution < -0.4 is 16.2 Å². The van der Waals surface area contributed by atoms with Crippen molar-refractivity contribution >= 4 is 21.6 Å². The third-order valence-corrected chi connectivity index (χ3v) is 4.06. The Morgan fingerprint density at radius 3 is 2.45 bits per heavy atom. The van der Waals surface area contributed by atoms with Gasteiger partial charge in [-0.25, -0.2) is 13.6 Å². The first-order valence-electron chi connectivity index (χ1n) is 6.37. The van der Waals surface area contributed by atoms with Gasteiger partial charge in [0.15, 0.2) is 0 Å². The number of anilines is 1. The van der Waals surface area contributed by atoms with Gasteiger partial charge in [-0.2, -0.15) is 0 Å². The highest BCUT2D eigenvalue weighted by atomic mass is 32.2. The summed E-state index contributed by atoms with van der Waals surface area (Å²) in [5.74, 6) is -0.332. The Hall–Kier alpha value is -1.44. The Labute approximate surface area is 119 Å². The number of hydrogen-bond donors (Lipinski definition) is 3. The van der Waals surface area contributed by atoms with E-state index in [1.807, 2.05) is 6.92 Å². The summed E-state index contributed by atoms with van der Waals surface area (Å²) < 4.78 is 22.8. The molecule has 1 unspecified atom stereocenters. The molecule has 7 heteroatoms. The third-order valence-electron chi connectivity index (χ3n) is 3.16. The van der Waals surface area contributed by atoms with E-state index in [1.54, 1.807) is 13.8 Å². The molecule has 0 saturated carbocycles. The number of sulfonamides is 1. The van der Waals surface area contributed by atoms with Gasteiger partial charge in [0.05, 0.1) is 10.9 Å². The fraction of sp³-hybridized carbons (Fsp3) is 0.462. The summed E-state index contributed by atoms with van der Waals surface area (Å²) in [7, 11) is -3.81. The van der Waals surface area contributed by atoms with E-state index in [9.17, 15) is 13.2 Å². The van der Waals surface area contributed by atoms with Crippen LogP contribution in [0.5, 0.6) is 0 Å². The summed E-state index contributed by atoms with van der Waals surface area (Å²) in [5, 5.41) is 7.78. The summed E-state index contributed by atoms with van der Waals surface area (Å²) in [6.45, 7) is 5.49. The lowest BCUT2D eigenvalue weighted by Gasteiger charge is -2.15. The maximum atomic E-state index is 11.9. The quantitative estimate of drug-likeness (QED) is 0.752. The summed E-state index contributed by atoms with van der Waals surface area (Å²) in [5.41, 5.74) is 7.67. The van der Waals surface area contributed by atoms with Gasteiger partial charge < -0.3 is 11.1 Å². The predicted octanol–water partition coefficient (Wildman–Crippen LogP) is 1.02. The van der Waals surface area contributed by atoms with Crippen LogP contribution in [0.25, 0.3) is 0 Å². The predicted molar refractivity (Wildman–Crippen MR) is 78.8 cm³/mol. The second kappa shape index (κ2) is 6.34. The Balaban J connectivity index is 3.12. The van der Waals surface area contributed by atoms with Crippen LogP contribution in [0.15, 0.2) is 17.0 Å². The molecular weight excluding hydrogens is 278 g/mol. The average Bonchev–Trinajstić information content (AvgIpc) is 2.33. The lowest BCUT2D eigenvalue weighted by Crippen LogP contribution is -2.35. The van der Waals surface area contributed by atoms with Crippen LogP contribution in [-0.4, -0.2) is 20.4 Å². The zero-order valence-electron chi connectivity index (χ0n) is 11.9. The van der Waals surface area contributed by atoms with Crippen LogP contribution in [-0.2, 0) is 14.8 Å². The van der Waals surface area contributed by atoms with Crippen LogP contribution in [0.4, 0.5) is 5.69 Å². The first-order valence-corrected chi connectivity index (χ1v) is 7.92. The average molecular weight is 299 g/mol. The number of benzene rings is 1. The van der Waals surface area contributed by atoms with Crippen LogP contribution in [0.1, 0.15) is 30.9 Å². The number of rotatable bonds is 5. The molecule has 0 radical (unpaired) electrons. The van der Waals surface area contributed by atoms with Gasteiger partial charge in [-0.05, 0) is 43.5 Å². The summed E-state index contributed by atoms with van der Waals surface area (Å²) in [6, 6.07) is 2.22. The number of nitrogens with two attached hydrogens (primary N) is 2. The van der Waals surface area contributed by atoms with Crippen LogP contribution in [0, 0.1) is 13.8 Å². The minimum absolute atomic E-state index is 0.0278. The van der Waals surface area contributed by atoms with E-state index in [4.69, 9.17) is 10.9 Å². The maximum Gasteiger partial charge on any atom is 0.241 e. The normalized spacial score (nSPS) is 13.1. The molecule has 1 atom stereocenters. The topological polar surface area (TPSA) is 115 Å². The van der Waals surface area contributed by atoms with Crippen molar-refractivity contribution < 1.29 is 13.2 Å². The number of hydrogen-bond acceptors (Lipinski definition) is 4. The molecule has 0 aromatic heterocycles. The lowest BCUT2D eigenvalue weighted by molar-refractivity contribution is -0.117. The van der Waals surface area contributed by atoms with E-state index in [2.05, 4.69) is 5.32 Å². The van der Waals surface area contributed by atoms with Crippen molar-refractivity contribution in [3.8, 4) is 0 Å². The largest absolute Gasteiger partial charge is 0.324 e. The van der Waals surface area contributed by atoms with Gasteiger partial charge >= 0.3 is 0 Å². The van der Waals surface area contributed by atoms with Crippen molar-refractivity contribution in [1.29, 1.82) is 0 Å². The molecule has 0 aliphatic rings. The highest BCUT2D eigenvalue weighted by molar-refractivity contribution is 7.89. The number of aryl methyl sites for hydroxylation is 1. The molecule has 112 valence electrons. The molecule has 1 aromatic rings. The van der Waals surface area contributed by atoms with Gasteiger partial charge in [0.1, 0.15) is 0 Å². The molecule has 20 heavy (non-hydrogen) atoms. The van der Waals surface area contributed by atoms with Crippen molar-refractivity contribution in [3.63, 3.8) is 0 Å². The molecule has 0 bridgehead atoms. The van der Waals surface area contributed by atoms with Crippen LogP contribution in [0.3, 0.4) is 0 Å². The van der Waals surface area contributed by atoms with Crippen molar-refractivity contribution in [2.75, 3.05) is 5.32 Å². The van der Waals surface area contributed by atoms with Crippen molar-refractivity contribution in [2.24, 2.45) is 10.9 Å². The SMILES string of the molecule is CCCC(N)C(=O)Nc1cc(S(N)(=O)=O)cc(C)c1C. The first kappa shape index (κ1) is 16.6. The Bertz CT molecular complexity index is 612. The van der Waals surface area contributed by atoms with Crippen molar-refractivity contribution in [3.05, 3.63) is 23.3 Å². The van der Waals surface area contributed by atoms with Crippen molar-refractivity contribution in [1.82, 2.24) is 0 Å². The molecular formula is C13H21N3O3S. The van der Waals surface area contributed by atoms with E-state index in [-0.39, 0.29) is 10.8 Å². The van der Waals surface area contributed by atoms with Gasteiger partial charge in [-0.3, -0.25) is 4.79 Å². The number of carbonyl (C=O) groups excluding carboxylic acids is 1. The fourth-order valence-corrected chi connectivity index (χ4v) is 2.41. The summed E-state index contributed by atoms with van der Waals surface area (Å²) >= 11 is 0. The van der Waals surface area contributed by atoms with Gasteiger partial charge in [-0.1, -0.05) is 13.3 Å². The van der Waals surface area contributed by atoms with E-state index >= 15 is 0 Å². The second-order valence-corrected chi connectivity index (χ2v) is 6.40. The van der Waals surface area contributed by atoms with Gasteiger partial charge in [0.25, 0.3) is 0 Å². The zero-order valence-corrected chi connectivity index (χ0v) is 12.8. The van der Waals surface area contributed by atoms with Gasteiger partial charge in [0, 0.05) is 5.69 Å². The van der Waals surface area contributed by atoms with E-state index in [0.29, 0.717) is 12.1 Å². The standard InChI is InChI=1S/C13H21N3O3S/c1-4-5-11(14)13(17)16-12-7-10(20(15,18)19)6-8(2)9(12)3/h6-7,11H,4-5,14H2,1-3H3,(H,16,17)(H2,15,18,19). The Morgan fingerprint density at radius 1 is 1.35 bits per heavy atom. The summed E-state index contributed by atoms with van der Waals surface area (Å²) in [6.07, 6.45) is 1.36. The number of amides is 1. The highest BCUT2D eigenvalue weighted by Gasteiger charge is 2.17. The molecule has 1 rings (SSSR count). The van der Waals surface area contributed by atoms with E-state index in [1.165, 1.54) is 12.1 Å². The molecule has 1 amide bonds. The molecule has 5 N–H and O–H groups in total. The molecule has 0 aliphatic heterocycles. The van der Waals surface area contributed by atoms with Crippen LogP contribution in [0.2, 0.25) is 0 Å². The molecule has 6 nitrogen and oxygen atoms in total. The second-order valence-electron chi connectivity index (χ2n) is 4.84. The Morgan fingerprint density at radius 2 is 1.95 bits per heavy atom. The molecule has 0 spiro atoms. The molecule has 0 heterocycles. The third kappa shape index (κ3) is 4.03. The maximum absolute atomic E-state index is 11.9. The highest BCUT2D eigenvalue weighted by Crippen LogP contribution is 2.23. The van der Waals surface area contributed by atoms with Crippen molar-refractivity contribution in [2.45, 2.75) is 44.6 Å². The van der Waals surface area contributed by atoms with Crippen LogP contribution >= 0.6 is 0 Å². The zero-order chi connectivity index (χ0) is 15.5. The molecule has 0 saturated heterocycles. The monoisotopic (exact) mass is 299 g/mol. The number of primary sulfonamides is 1. The molecule has 0 fully saturated rings. The summed E-state index contributed by atoms with van der Waals surface area (Å²) in [4.78, 5) is 11.9. The molecule has 0 aliphatic carbocycles. The lowest BCUT2D eigenvalue weighted by atomic mass is 10.1. The smallest absolute Gasteiger partial charge is 0.241 e. The van der Waals surface area contributed by atoms with E-state index in [0.717, 1.165) is 17.5 Å². The van der Waals surface area contributed by atoms with E-state index < -0.39 is 16.1 Å². The number of nitrogens with one attached hydrogen (secondary N) is 1. The number of carbonyl (C=O) groups is 1. The first-order chi connectivity index (χ1) is 9.16. The Kier molecular flexibility index (Phi) is 5.27.